The van der Waals surface area contributed by atoms with Gasteiger partial charge >= 0.3 is 0 Å². The van der Waals surface area contributed by atoms with Gasteiger partial charge in [0.05, 0.1) is 12.3 Å². The number of rotatable bonds is 5. The Balaban J connectivity index is 2.09. The summed E-state index contributed by atoms with van der Waals surface area (Å²) in [7, 11) is -3.29. The van der Waals surface area contributed by atoms with Crippen molar-refractivity contribution in [1.82, 2.24) is 4.90 Å². The quantitative estimate of drug-likeness (QED) is 0.846. The highest BCUT2D eigenvalue weighted by Gasteiger charge is 2.29. The van der Waals surface area contributed by atoms with Gasteiger partial charge in [-0.05, 0) is 57.5 Å². The van der Waals surface area contributed by atoms with Gasteiger partial charge in [-0.1, -0.05) is 0 Å². The number of carbonyl (C=O) groups is 1. The molecule has 1 aliphatic heterocycles. The summed E-state index contributed by atoms with van der Waals surface area (Å²) in [5, 5.41) is 0. The van der Waals surface area contributed by atoms with E-state index < -0.39 is 10.0 Å². The van der Waals surface area contributed by atoms with Crippen LogP contribution in [0.5, 0.6) is 0 Å². The van der Waals surface area contributed by atoms with Gasteiger partial charge in [-0.2, -0.15) is 0 Å². The predicted molar refractivity (Wildman–Crippen MR) is 84.1 cm³/mol. The van der Waals surface area contributed by atoms with Gasteiger partial charge in [0.25, 0.3) is 0 Å². The SMILES string of the molecule is CC1CCCN1C(C)C(=O)c1ccc(NS(C)(=O)=O)cc1. The van der Waals surface area contributed by atoms with Crippen molar-refractivity contribution in [3.8, 4) is 0 Å². The molecule has 6 heteroatoms. The van der Waals surface area contributed by atoms with Crippen LogP contribution in [0.2, 0.25) is 0 Å². The maximum atomic E-state index is 12.5. The molecule has 1 N–H and O–H groups in total. The van der Waals surface area contributed by atoms with Gasteiger partial charge in [-0.3, -0.25) is 14.4 Å². The van der Waals surface area contributed by atoms with E-state index in [2.05, 4.69) is 16.5 Å². The van der Waals surface area contributed by atoms with Gasteiger partial charge in [0.2, 0.25) is 10.0 Å². The third-order valence-electron chi connectivity index (χ3n) is 3.95. The second-order valence-corrected chi connectivity index (χ2v) is 7.47. The highest BCUT2D eigenvalue weighted by Crippen LogP contribution is 2.22. The first-order chi connectivity index (χ1) is 9.78. The Morgan fingerprint density at radius 1 is 1.33 bits per heavy atom. The number of hydrogen-bond donors (Lipinski definition) is 1. The van der Waals surface area contributed by atoms with E-state index in [0.29, 0.717) is 17.3 Å². The molecule has 5 nitrogen and oxygen atoms in total. The molecule has 116 valence electrons. The van der Waals surface area contributed by atoms with E-state index in [1.54, 1.807) is 24.3 Å². The molecule has 1 fully saturated rings. The number of anilines is 1. The number of likely N-dealkylation sites (tertiary alicyclic amines) is 1. The number of nitrogens with one attached hydrogen (secondary N) is 1. The van der Waals surface area contributed by atoms with Gasteiger partial charge in [-0.25, -0.2) is 8.42 Å². The lowest BCUT2D eigenvalue weighted by Gasteiger charge is -2.27. The molecule has 2 atom stereocenters. The molecule has 1 aliphatic rings. The maximum Gasteiger partial charge on any atom is 0.229 e. The van der Waals surface area contributed by atoms with Gasteiger partial charge < -0.3 is 0 Å². The fourth-order valence-corrected chi connectivity index (χ4v) is 3.40. The summed E-state index contributed by atoms with van der Waals surface area (Å²) in [5.41, 5.74) is 1.08. The molecule has 0 bridgehead atoms. The zero-order valence-corrected chi connectivity index (χ0v) is 13.5. The van der Waals surface area contributed by atoms with Crippen molar-refractivity contribution in [2.75, 3.05) is 17.5 Å². The lowest BCUT2D eigenvalue weighted by atomic mass is 10.0. The molecule has 0 amide bonds. The van der Waals surface area contributed by atoms with Crippen molar-refractivity contribution in [3.05, 3.63) is 29.8 Å². The zero-order chi connectivity index (χ0) is 15.6. The van der Waals surface area contributed by atoms with Crippen LogP contribution in [-0.4, -0.2) is 44.0 Å². The normalized spacial score (nSPS) is 21.2. The number of sulfonamides is 1. The smallest absolute Gasteiger partial charge is 0.229 e. The Bertz CT molecular complexity index is 610. The van der Waals surface area contributed by atoms with Crippen LogP contribution in [0.4, 0.5) is 5.69 Å². The molecule has 21 heavy (non-hydrogen) atoms. The molecular weight excluding hydrogens is 288 g/mol. The summed E-state index contributed by atoms with van der Waals surface area (Å²) < 4.78 is 24.7. The summed E-state index contributed by atoms with van der Waals surface area (Å²) in [5.74, 6) is 0.0784. The van der Waals surface area contributed by atoms with Crippen LogP contribution in [0.3, 0.4) is 0 Å². The van der Waals surface area contributed by atoms with Crippen LogP contribution in [-0.2, 0) is 10.0 Å². The second-order valence-electron chi connectivity index (χ2n) is 5.72. The molecule has 0 aliphatic carbocycles. The standard InChI is InChI=1S/C15H22N2O3S/c1-11-5-4-10-17(11)12(2)15(18)13-6-8-14(9-7-13)16-21(3,19)20/h6-9,11-12,16H,4-5,10H2,1-3H3. The van der Waals surface area contributed by atoms with Crippen molar-refractivity contribution in [2.45, 2.75) is 38.8 Å². The van der Waals surface area contributed by atoms with E-state index in [4.69, 9.17) is 0 Å². The van der Waals surface area contributed by atoms with E-state index in [1.807, 2.05) is 6.92 Å². The third-order valence-corrected chi connectivity index (χ3v) is 4.56. The number of benzene rings is 1. The molecule has 0 spiro atoms. The molecule has 2 rings (SSSR count). The summed E-state index contributed by atoms with van der Waals surface area (Å²) in [6, 6.07) is 6.88. The Labute approximate surface area is 126 Å². The minimum atomic E-state index is -3.29. The minimum absolute atomic E-state index is 0.0784. The van der Waals surface area contributed by atoms with Crippen molar-refractivity contribution in [3.63, 3.8) is 0 Å². The lowest BCUT2D eigenvalue weighted by Crippen LogP contribution is -2.40. The minimum Gasteiger partial charge on any atom is -0.292 e. The molecule has 0 radical (unpaired) electrons. The highest BCUT2D eigenvalue weighted by molar-refractivity contribution is 7.92. The van der Waals surface area contributed by atoms with Gasteiger partial charge in [0, 0.05) is 17.3 Å². The monoisotopic (exact) mass is 310 g/mol. The fraction of sp³-hybridized carbons (Fsp3) is 0.533. The highest BCUT2D eigenvalue weighted by atomic mass is 32.2. The molecule has 1 aromatic carbocycles. The number of ketones is 1. The van der Waals surface area contributed by atoms with Crippen molar-refractivity contribution >= 4 is 21.5 Å². The summed E-state index contributed by atoms with van der Waals surface area (Å²) in [6.45, 7) is 5.05. The van der Waals surface area contributed by atoms with Crippen LogP contribution in [0, 0.1) is 0 Å². The van der Waals surface area contributed by atoms with E-state index in [9.17, 15) is 13.2 Å². The largest absolute Gasteiger partial charge is 0.292 e. The molecule has 2 unspecified atom stereocenters. The predicted octanol–water partition coefficient (Wildman–Crippen LogP) is 2.11. The second kappa shape index (κ2) is 6.15. The van der Waals surface area contributed by atoms with Gasteiger partial charge in [0.1, 0.15) is 0 Å². The van der Waals surface area contributed by atoms with Crippen LogP contribution in [0.15, 0.2) is 24.3 Å². The van der Waals surface area contributed by atoms with Crippen molar-refractivity contribution < 1.29 is 13.2 Å². The average Bonchev–Trinajstić information content (AvgIpc) is 2.82. The Morgan fingerprint density at radius 3 is 2.43 bits per heavy atom. The Hall–Kier alpha value is -1.40. The molecule has 0 saturated carbocycles. The number of hydrogen-bond acceptors (Lipinski definition) is 4. The van der Waals surface area contributed by atoms with Crippen LogP contribution in [0.1, 0.15) is 37.0 Å². The number of carbonyl (C=O) groups excluding carboxylic acids is 1. The Kier molecular flexibility index (Phi) is 4.68. The lowest BCUT2D eigenvalue weighted by molar-refractivity contribution is 0.0829. The first-order valence-corrected chi connectivity index (χ1v) is 9.05. The summed E-state index contributed by atoms with van der Waals surface area (Å²) in [6.07, 6.45) is 3.37. The number of Topliss-reactive ketones (excluding diaryl/α,β-unsaturated/α-hetero) is 1. The van der Waals surface area contributed by atoms with Crippen LogP contribution < -0.4 is 4.72 Å². The first-order valence-electron chi connectivity index (χ1n) is 7.16. The zero-order valence-electron chi connectivity index (χ0n) is 12.7. The molecule has 1 aromatic rings. The summed E-state index contributed by atoms with van der Waals surface area (Å²) in [4.78, 5) is 14.7. The van der Waals surface area contributed by atoms with Crippen LogP contribution in [0.25, 0.3) is 0 Å². The topological polar surface area (TPSA) is 66.5 Å². The molecule has 1 saturated heterocycles. The van der Waals surface area contributed by atoms with Gasteiger partial charge in [-0.15, -0.1) is 0 Å². The average molecular weight is 310 g/mol. The van der Waals surface area contributed by atoms with Gasteiger partial charge in [0.15, 0.2) is 5.78 Å². The van der Waals surface area contributed by atoms with Crippen molar-refractivity contribution in [1.29, 1.82) is 0 Å². The molecule has 1 heterocycles. The first kappa shape index (κ1) is 16.0. The fourth-order valence-electron chi connectivity index (χ4n) is 2.84. The molecule has 0 aromatic heterocycles. The Morgan fingerprint density at radius 2 is 1.95 bits per heavy atom. The van der Waals surface area contributed by atoms with E-state index in [-0.39, 0.29) is 11.8 Å². The summed E-state index contributed by atoms with van der Waals surface area (Å²) >= 11 is 0. The molecular formula is C15H22N2O3S. The van der Waals surface area contributed by atoms with E-state index in [1.165, 1.54) is 0 Å². The van der Waals surface area contributed by atoms with Crippen LogP contribution >= 0.6 is 0 Å². The van der Waals surface area contributed by atoms with E-state index in [0.717, 1.165) is 25.6 Å². The third kappa shape index (κ3) is 4.04. The van der Waals surface area contributed by atoms with Crippen molar-refractivity contribution in [2.24, 2.45) is 0 Å². The number of nitrogens with zero attached hydrogens (tertiary/aromatic N) is 1. The van der Waals surface area contributed by atoms with E-state index >= 15 is 0 Å². The maximum absolute atomic E-state index is 12.5.